The Morgan fingerprint density at radius 2 is 1.86 bits per heavy atom. The third-order valence-corrected chi connectivity index (χ3v) is 3.45. The van der Waals surface area contributed by atoms with Gasteiger partial charge < -0.3 is 9.47 Å². The molecule has 110 valence electrons. The molecule has 0 bridgehead atoms. The van der Waals surface area contributed by atoms with Crippen LogP contribution < -0.4 is 9.47 Å². The average Bonchev–Trinajstić information content (AvgIpc) is 2.48. The van der Waals surface area contributed by atoms with Crippen LogP contribution in [0.5, 0.6) is 11.5 Å². The fourth-order valence-corrected chi connectivity index (χ4v) is 2.29. The minimum Gasteiger partial charge on any atom is -0.490 e. The fourth-order valence-electron chi connectivity index (χ4n) is 1.82. The summed E-state index contributed by atoms with van der Waals surface area (Å²) in [5.41, 5.74) is 1.28. The Morgan fingerprint density at radius 3 is 2.52 bits per heavy atom. The Labute approximate surface area is 133 Å². The van der Waals surface area contributed by atoms with Crippen molar-refractivity contribution >= 4 is 29.5 Å². The number of benzene rings is 2. The van der Waals surface area contributed by atoms with E-state index < -0.39 is 0 Å². The Kier molecular flexibility index (Phi) is 5.48. The van der Waals surface area contributed by atoms with Crippen molar-refractivity contribution < 1.29 is 14.3 Å². The zero-order chi connectivity index (χ0) is 15.2. The summed E-state index contributed by atoms with van der Waals surface area (Å²) in [6, 6.07) is 10.5. The lowest BCUT2D eigenvalue weighted by Crippen LogP contribution is -2.01. The minimum atomic E-state index is 0.264. The van der Waals surface area contributed by atoms with Crippen molar-refractivity contribution in [3.63, 3.8) is 0 Å². The van der Waals surface area contributed by atoms with Gasteiger partial charge in [-0.05, 0) is 25.1 Å². The third-order valence-electron chi connectivity index (χ3n) is 2.80. The van der Waals surface area contributed by atoms with E-state index in [1.54, 1.807) is 18.2 Å². The number of halogens is 2. The van der Waals surface area contributed by atoms with E-state index in [1.807, 2.05) is 25.1 Å². The molecule has 3 nitrogen and oxygen atoms in total. The van der Waals surface area contributed by atoms with Crippen LogP contribution in [0, 0.1) is 0 Å². The molecule has 5 heteroatoms. The molecule has 2 aromatic carbocycles. The summed E-state index contributed by atoms with van der Waals surface area (Å²) in [5, 5.41) is 0.950. The molecule has 0 unspecified atom stereocenters. The van der Waals surface area contributed by atoms with Crippen LogP contribution in [-0.4, -0.2) is 12.9 Å². The number of hydrogen-bond donors (Lipinski definition) is 0. The van der Waals surface area contributed by atoms with Crippen LogP contribution >= 0.6 is 23.2 Å². The maximum Gasteiger partial charge on any atom is 0.180 e. The molecular formula is C16H14Cl2O3. The Morgan fingerprint density at radius 1 is 1.10 bits per heavy atom. The second-order valence-corrected chi connectivity index (χ2v) is 5.08. The zero-order valence-electron chi connectivity index (χ0n) is 11.4. The van der Waals surface area contributed by atoms with Gasteiger partial charge in [0.25, 0.3) is 0 Å². The Bertz CT molecular complexity index is 641. The molecule has 0 saturated carbocycles. The van der Waals surface area contributed by atoms with Crippen molar-refractivity contribution in [3.05, 3.63) is 57.6 Å². The molecule has 0 aliphatic carbocycles. The molecule has 2 aromatic rings. The number of carbonyl (C=O) groups is 1. The van der Waals surface area contributed by atoms with E-state index in [2.05, 4.69) is 0 Å². The topological polar surface area (TPSA) is 35.5 Å². The average molecular weight is 325 g/mol. The van der Waals surface area contributed by atoms with Gasteiger partial charge in [0.1, 0.15) is 12.9 Å². The van der Waals surface area contributed by atoms with Gasteiger partial charge in [-0.25, -0.2) is 0 Å². The van der Waals surface area contributed by atoms with Crippen LogP contribution in [0.1, 0.15) is 22.8 Å². The summed E-state index contributed by atoms with van der Waals surface area (Å²) in [5.74, 6) is 0.850. The monoisotopic (exact) mass is 324 g/mol. The summed E-state index contributed by atoms with van der Waals surface area (Å²) >= 11 is 12.2. The minimum absolute atomic E-state index is 0.264. The first-order valence-electron chi connectivity index (χ1n) is 6.43. The predicted molar refractivity (Wildman–Crippen MR) is 83.8 cm³/mol. The van der Waals surface area contributed by atoms with Crippen molar-refractivity contribution in [1.82, 2.24) is 0 Å². The molecule has 21 heavy (non-hydrogen) atoms. The molecule has 0 atom stereocenters. The smallest absolute Gasteiger partial charge is 0.180 e. The van der Waals surface area contributed by atoms with Crippen LogP contribution in [0.3, 0.4) is 0 Å². The van der Waals surface area contributed by atoms with Gasteiger partial charge in [0, 0.05) is 16.1 Å². The van der Waals surface area contributed by atoms with Gasteiger partial charge in [-0.3, -0.25) is 4.79 Å². The van der Waals surface area contributed by atoms with Crippen molar-refractivity contribution in [2.24, 2.45) is 0 Å². The molecule has 0 aliphatic heterocycles. The highest BCUT2D eigenvalue weighted by Gasteiger charge is 2.13. The van der Waals surface area contributed by atoms with Crippen molar-refractivity contribution in [2.45, 2.75) is 13.5 Å². The van der Waals surface area contributed by atoms with Gasteiger partial charge >= 0.3 is 0 Å². The van der Waals surface area contributed by atoms with Gasteiger partial charge in [-0.2, -0.15) is 0 Å². The van der Waals surface area contributed by atoms with Gasteiger partial charge in [-0.15, -0.1) is 0 Å². The highest BCUT2D eigenvalue weighted by Crippen LogP contribution is 2.37. The summed E-state index contributed by atoms with van der Waals surface area (Å²) in [6.07, 6.45) is 0.715. The van der Waals surface area contributed by atoms with Crippen molar-refractivity contribution in [3.8, 4) is 11.5 Å². The van der Waals surface area contributed by atoms with Crippen LogP contribution in [0.2, 0.25) is 10.0 Å². The molecule has 0 radical (unpaired) electrons. The number of carbonyl (C=O) groups excluding carboxylic acids is 1. The molecule has 0 amide bonds. The van der Waals surface area contributed by atoms with Crippen LogP contribution in [0.4, 0.5) is 0 Å². The van der Waals surface area contributed by atoms with Crippen LogP contribution in [0.25, 0.3) is 0 Å². The normalized spacial score (nSPS) is 10.2. The first-order chi connectivity index (χ1) is 10.2. The lowest BCUT2D eigenvalue weighted by Gasteiger charge is -2.14. The van der Waals surface area contributed by atoms with E-state index in [-0.39, 0.29) is 6.61 Å². The Hall–Kier alpha value is -1.71. The first kappa shape index (κ1) is 15.7. The predicted octanol–water partition coefficient (Wildman–Crippen LogP) is 4.78. The van der Waals surface area contributed by atoms with E-state index in [4.69, 9.17) is 32.7 Å². The molecule has 2 rings (SSSR count). The number of ether oxygens (including phenoxy) is 2. The summed E-state index contributed by atoms with van der Waals surface area (Å²) in [4.78, 5) is 10.9. The van der Waals surface area contributed by atoms with Crippen LogP contribution in [-0.2, 0) is 6.61 Å². The standard InChI is InChI=1S/C16H14Cl2O3/c1-2-20-15-8-11(9-19)7-14(18)16(15)21-10-12-5-3-4-6-13(12)17/h3-9H,2,10H2,1H3. The summed E-state index contributed by atoms with van der Waals surface area (Å²) in [7, 11) is 0. The maximum atomic E-state index is 10.9. The van der Waals surface area contributed by atoms with E-state index >= 15 is 0 Å². The zero-order valence-corrected chi connectivity index (χ0v) is 12.9. The molecular weight excluding hydrogens is 311 g/mol. The third kappa shape index (κ3) is 3.90. The number of aldehydes is 1. The van der Waals surface area contributed by atoms with Crippen LogP contribution in [0.15, 0.2) is 36.4 Å². The second-order valence-electron chi connectivity index (χ2n) is 4.26. The second kappa shape index (κ2) is 7.34. The van der Waals surface area contributed by atoms with E-state index in [0.717, 1.165) is 5.56 Å². The largest absolute Gasteiger partial charge is 0.490 e. The van der Waals surface area contributed by atoms with Gasteiger partial charge in [0.05, 0.1) is 11.6 Å². The molecule has 0 heterocycles. The summed E-state index contributed by atoms with van der Waals surface area (Å²) in [6.45, 7) is 2.56. The highest BCUT2D eigenvalue weighted by atomic mass is 35.5. The molecule has 0 spiro atoms. The summed E-state index contributed by atoms with van der Waals surface area (Å²) < 4.78 is 11.2. The SMILES string of the molecule is CCOc1cc(C=O)cc(Cl)c1OCc1ccccc1Cl. The number of hydrogen-bond acceptors (Lipinski definition) is 3. The maximum absolute atomic E-state index is 10.9. The fraction of sp³-hybridized carbons (Fsp3) is 0.188. The highest BCUT2D eigenvalue weighted by molar-refractivity contribution is 6.32. The molecule has 0 aromatic heterocycles. The van der Waals surface area contributed by atoms with E-state index in [1.165, 1.54) is 0 Å². The molecule has 0 aliphatic rings. The molecule has 0 fully saturated rings. The van der Waals surface area contributed by atoms with Crippen molar-refractivity contribution in [1.29, 1.82) is 0 Å². The first-order valence-corrected chi connectivity index (χ1v) is 7.19. The van der Waals surface area contributed by atoms with Gasteiger partial charge in [-0.1, -0.05) is 41.4 Å². The molecule has 0 saturated heterocycles. The Balaban J connectivity index is 2.26. The van der Waals surface area contributed by atoms with Crippen molar-refractivity contribution in [2.75, 3.05) is 6.61 Å². The lowest BCUT2D eigenvalue weighted by atomic mass is 10.2. The quantitative estimate of drug-likeness (QED) is 0.717. The van der Waals surface area contributed by atoms with E-state index in [9.17, 15) is 4.79 Å². The van der Waals surface area contributed by atoms with E-state index in [0.29, 0.717) is 40.0 Å². The van der Waals surface area contributed by atoms with Gasteiger partial charge in [0.15, 0.2) is 11.5 Å². The van der Waals surface area contributed by atoms with Gasteiger partial charge in [0.2, 0.25) is 0 Å². The number of rotatable bonds is 6. The lowest BCUT2D eigenvalue weighted by molar-refractivity contribution is 0.112. The molecule has 0 N–H and O–H groups in total.